The van der Waals surface area contributed by atoms with Gasteiger partial charge in [0.25, 0.3) is 12.4 Å². The highest BCUT2D eigenvalue weighted by Gasteiger charge is 2.34. The van der Waals surface area contributed by atoms with Gasteiger partial charge in [-0.15, -0.1) is 0 Å². The standard InChI is InChI=1S/C48H65N7O6/c1-10-54-42-17-16-35(34-15-13-14-33(20-34)21-41(47(59)55-19-12-11-18-50-55)51-46(58)44(31(2)3)53(8)29-56)22-38(42)40(24-48(5,6)28-61-30-57)45(54)39-23-36(37-26-52(7)27-37)25-49-43(39)32(4)60-9/h13-17,20,22-23,25,29-32,37,41,44,50H,10-12,18-19,21,24,26-28H2,1-9H3,(H,51,58). The number of aryl methyl sites for hydroxylation is 1. The quantitative estimate of drug-likeness (QED) is 0.107. The molecule has 2 aromatic heterocycles. The molecule has 0 bridgehead atoms. The van der Waals surface area contributed by atoms with Gasteiger partial charge in [-0.3, -0.25) is 29.2 Å². The number of pyridine rings is 1. The molecule has 6 rings (SSSR count). The number of nitrogens with zero attached hydrogens (tertiary/aromatic N) is 5. The van der Waals surface area contributed by atoms with E-state index in [-0.39, 0.29) is 36.9 Å². The Morgan fingerprint density at radius 1 is 1.07 bits per heavy atom. The molecule has 4 heterocycles. The number of hydrogen-bond acceptors (Lipinski definition) is 9. The molecule has 2 aliphatic rings. The summed E-state index contributed by atoms with van der Waals surface area (Å²) in [5.41, 5.74) is 12.1. The van der Waals surface area contributed by atoms with Crippen LogP contribution in [0.3, 0.4) is 0 Å². The molecule has 0 spiro atoms. The average Bonchev–Trinajstić information content (AvgIpc) is 3.55. The lowest BCUT2D eigenvalue weighted by atomic mass is 9.83. The minimum atomic E-state index is -0.853. The number of hydrogen-bond donors (Lipinski definition) is 2. The van der Waals surface area contributed by atoms with Gasteiger partial charge < -0.3 is 29.2 Å². The Bertz CT molecular complexity index is 2190. The molecule has 328 valence electrons. The van der Waals surface area contributed by atoms with Crippen molar-refractivity contribution in [2.45, 2.75) is 97.9 Å². The number of amides is 3. The van der Waals surface area contributed by atoms with Crippen molar-refractivity contribution in [1.82, 2.24) is 35.1 Å². The van der Waals surface area contributed by atoms with Crippen molar-refractivity contribution in [3.63, 3.8) is 0 Å². The average molecular weight is 836 g/mol. The van der Waals surface area contributed by atoms with Crippen LogP contribution in [0.15, 0.2) is 54.7 Å². The molecule has 3 unspecified atom stereocenters. The summed E-state index contributed by atoms with van der Waals surface area (Å²) in [5.74, 6) is -0.333. The molecule has 3 atom stereocenters. The number of likely N-dealkylation sites (N-methyl/N-ethyl adjacent to an activating group) is 2. The summed E-state index contributed by atoms with van der Waals surface area (Å²) in [4.78, 5) is 59.7. The summed E-state index contributed by atoms with van der Waals surface area (Å²) in [7, 11) is 5.44. The smallest absolute Gasteiger partial charge is 0.293 e. The summed E-state index contributed by atoms with van der Waals surface area (Å²) >= 11 is 0. The van der Waals surface area contributed by atoms with E-state index < -0.39 is 17.5 Å². The highest BCUT2D eigenvalue weighted by atomic mass is 16.5. The predicted octanol–water partition coefficient (Wildman–Crippen LogP) is 6.14. The van der Waals surface area contributed by atoms with E-state index in [4.69, 9.17) is 14.5 Å². The lowest BCUT2D eigenvalue weighted by molar-refractivity contribution is -0.142. The van der Waals surface area contributed by atoms with E-state index in [9.17, 15) is 19.2 Å². The third kappa shape index (κ3) is 10.2. The lowest BCUT2D eigenvalue weighted by Gasteiger charge is -2.36. The second-order valence-electron chi connectivity index (χ2n) is 18.1. The second kappa shape index (κ2) is 19.7. The Balaban J connectivity index is 1.45. The number of ether oxygens (including phenoxy) is 2. The number of methoxy groups -OCH3 is 1. The molecule has 0 radical (unpaired) electrons. The molecule has 2 aliphatic heterocycles. The van der Waals surface area contributed by atoms with Crippen LogP contribution in [-0.2, 0) is 48.0 Å². The van der Waals surface area contributed by atoms with Gasteiger partial charge in [-0.25, -0.2) is 5.43 Å². The Kier molecular flexibility index (Phi) is 14.7. The molecule has 3 amide bonds. The van der Waals surface area contributed by atoms with Gasteiger partial charge in [-0.1, -0.05) is 58.0 Å². The third-order valence-electron chi connectivity index (χ3n) is 12.3. The van der Waals surface area contributed by atoms with E-state index in [2.05, 4.69) is 84.4 Å². The van der Waals surface area contributed by atoms with Crippen LogP contribution >= 0.6 is 0 Å². The van der Waals surface area contributed by atoms with Gasteiger partial charge in [0.05, 0.1) is 24.1 Å². The molecule has 13 heteroatoms. The van der Waals surface area contributed by atoms with Crippen LogP contribution in [0.25, 0.3) is 33.3 Å². The van der Waals surface area contributed by atoms with Crippen LogP contribution in [0.5, 0.6) is 0 Å². The van der Waals surface area contributed by atoms with Gasteiger partial charge in [0.1, 0.15) is 12.1 Å². The van der Waals surface area contributed by atoms with Crippen LogP contribution in [0.1, 0.15) is 88.8 Å². The number of carbonyl (C=O) groups is 4. The maximum atomic E-state index is 14.1. The Morgan fingerprint density at radius 3 is 2.46 bits per heavy atom. The Hall–Kier alpha value is -5.11. The fourth-order valence-electron chi connectivity index (χ4n) is 9.12. The van der Waals surface area contributed by atoms with E-state index in [1.807, 2.05) is 39.1 Å². The number of aromatic nitrogens is 2. The molecule has 61 heavy (non-hydrogen) atoms. The number of nitrogens with one attached hydrogen (secondary N) is 2. The first-order valence-corrected chi connectivity index (χ1v) is 21.7. The van der Waals surface area contributed by atoms with Gasteiger partial charge in [-0.2, -0.15) is 0 Å². The molecule has 2 fully saturated rings. The van der Waals surface area contributed by atoms with Crippen LogP contribution in [0.2, 0.25) is 0 Å². The van der Waals surface area contributed by atoms with Crippen LogP contribution in [-0.4, -0.2) is 115 Å². The Morgan fingerprint density at radius 2 is 1.82 bits per heavy atom. The summed E-state index contributed by atoms with van der Waals surface area (Å²) in [6, 6.07) is 15.5. The second-order valence-corrected chi connectivity index (χ2v) is 18.1. The van der Waals surface area contributed by atoms with Crippen molar-refractivity contribution < 1.29 is 28.7 Å². The van der Waals surface area contributed by atoms with Gasteiger partial charge in [0.15, 0.2) is 0 Å². The highest BCUT2D eigenvalue weighted by Crippen LogP contribution is 2.43. The maximum Gasteiger partial charge on any atom is 0.293 e. The number of benzene rings is 2. The van der Waals surface area contributed by atoms with E-state index in [0.29, 0.717) is 38.3 Å². The molecule has 0 aliphatic carbocycles. The molecular weight excluding hydrogens is 771 g/mol. The summed E-state index contributed by atoms with van der Waals surface area (Å²) in [5, 5.41) is 5.75. The van der Waals surface area contributed by atoms with Crippen LogP contribution in [0.4, 0.5) is 0 Å². The summed E-state index contributed by atoms with van der Waals surface area (Å²) < 4.78 is 13.7. The number of hydrazine groups is 1. The SMILES string of the molecule is CCn1c(-c2cc(C3CN(C)C3)cnc2C(C)OC)c(CC(C)(C)COC=O)c2cc(-c3cccc(CC(NC(=O)C(C(C)C)N(C)C=O)C(=O)N4CCCCN4)c3)ccc21. The van der Waals surface area contributed by atoms with Crippen molar-refractivity contribution in [2.75, 3.05) is 54.0 Å². The summed E-state index contributed by atoms with van der Waals surface area (Å²) in [6.45, 7) is 16.9. The number of rotatable bonds is 19. The lowest BCUT2D eigenvalue weighted by Crippen LogP contribution is -2.58. The topological polar surface area (TPSA) is 138 Å². The fraction of sp³-hybridized carbons (Fsp3) is 0.521. The normalized spacial score (nSPS) is 16.5. The van der Waals surface area contributed by atoms with Crippen molar-refractivity contribution in [1.29, 1.82) is 0 Å². The zero-order chi connectivity index (χ0) is 44.0. The van der Waals surface area contributed by atoms with Gasteiger partial charge in [0, 0.05) is 87.3 Å². The predicted molar refractivity (Wildman–Crippen MR) is 238 cm³/mol. The van der Waals surface area contributed by atoms with Gasteiger partial charge in [-0.05, 0) is 92.1 Å². The van der Waals surface area contributed by atoms with E-state index in [0.717, 1.165) is 82.6 Å². The first-order valence-electron chi connectivity index (χ1n) is 21.7. The van der Waals surface area contributed by atoms with Gasteiger partial charge >= 0.3 is 0 Å². The maximum absolute atomic E-state index is 14.1. The minimum absolute atomic E-state index is 0.159. The molecule has 0 saturated carbocycles. The number of carbonyl (C=O) groups excluding carboxylic acids is 4. The molecule has 2 saturated heterocycles. The zero-order valence-corrected chi connectivity index (χ0v) is 37.5. The number of likely N-dealkylation sites (tertiary alicyclic amines) is 1. The van der Waals surface area contributed by atoms with E-state index in [1.165, 1.54) is 10.5 Å². The molecular formula is C48H65N7O6. The Labute approximate surface area is 361 Å². The molecule has 4 aromatic rings. The summed E-state index contributed by atoms with van der Waals surface area (Å²) in [6.07, 6.45) is 5.15. The molecule has 13 nitrogen and oxygen atoms in total. The van der Waals surface area contributed by atoms with Crippen molar-refractivity contribution in [3.05, 3.63) is 77.1 Å². The van der Waals surface area contributed by atoms with Gasteiger partial charge in [0.2, 0.25) is 12.3 Å². The number of fused-ring (bicyclic) bond motifs is 1. The van der Waals surface area contributed by atoms with Crippen molar-refractivity contribution in [2.24, 2.45) is 11.3 Å². The molecule has 2 aromatic carbocycles. The molecule has 2 N–H and O–H groups in total. The van der Waals surface area contributed by atoms with E-state index in [1.54, 1.807) is 19.2 Å². The van der Waals surface area contributed by atoms with Crippen molar-refractivity contribution in [3.8, 4) is 22.4 Å². The zero-order valence-electron chi connectivity index (χ0n) is 37.5. The highest BCUT2D eigenvalue weighted by molar-refractivity contribution is 5.95. The van der Waals surface area contributed by atoms with E-state index >= 15 is 0 Å². The van der Waals surface area contributed by atoms with Crippen LogP contribution in [0, 0.1) is 11.3 Å². The van der Waals surface area contributed by atoms with Crippen molar-refractivity contribution >= 4 is 35.6 Å². The first kappa shape index (κ1) is 45.4. The monoisotopic (exact) mass is 835 g/mol. The third-order valence-corrected chi connectivity index (χ3v) is 12.3. The van der Waals surface area contributed by atoms with Crippen LogP contribution < -0.4 is 10.7 Å². The largest absolute Gasteiger partial charge is 0.467 e. The first-order chi connectivity index (χ1) is 29.2. The minimum Gasteiger partial charge on any atom is -0.467 e. The fourth-order valence-corrected chi connectivity index (χ4v) is 9.12.